The first-order chi connectivity index (χ1) is 10.2. The van der Waals surface area contributed by atoms with E-state index in [9.17, 15) is 0 Å². The molecule has 21 heavy (non-hydrogen) atoms. The van der Waals surface area contributed by atoms with Crippen LogP contribution >= 0.6 is 39.0 Å². The van der Waals surface area contributed by atoms with Crippen LogP contribution in [0.3, 0.4) is 0 Å². The van der Waals surface area contributed by atoms with Crippen LogP contribution in [0.2, 0.25) is 0 Å². The first kappa shape index (κ1) is 15.4. The molecule has 1 aromatic carbocycles. The van der Waals surface area contributed by atoms with Crippen LogP contribution in [0.15, 0.2) is 45.1 Å². The Bertz CT molecular complexity index is 573. The summed E-state index contributed by atoms with van der Waals surface area (Å²) in [6, 6.07) is 11.3. The van der Waals surface area contributed by atoms with Gasteiger partial charge in [0, 0.05) is 25.2 Å². The van der Waals surface area contributed by atoms with Crippen molar-refractivity contribution < 1.29 is 0 Å². The molecule has 4 heteroatoms. The molecule has 0 spiro atoms. The van der Waals surface area contributed by atoms with Gasteiger partial charge in [-0.25, -0.2) is 0 Å². The van der Waals surface area contributed by atoms with Crippen LogP contribution in [0.5, 0.6) is 0 Å². The number of rotatable bonds is 5. The van der Waals surface area contributed by atoms with Gasteiger partial charge in [0.2, 0.25) is 0 Å². The SMILES string of the molecule is CC(Nc1ccc(SC2CCCC2)cc1)c1sccc1Br. The molecule has 0 bridgehead atoms. The Morgan fingerprint density at radius 1 is 1.19 bits per heavy atom. The van der Waals surface area contributed by atoms with Crippen molar-refractivity contribution in [1.82, 2.24) is 0 Å². The van der Waals surface area contributed by atoms with Gasteiger partial charge in [0.15, 0.2) is 0 Å². The minimum Gasteiger partial charge on any atom is -0.378 e. The number of hydrogen-bond donors (Lipinski definition) is 1. The van der Waals surface area contributed by atoms with Crippen molar-refractivity contribution in [2.45, 2.75) is 48.8 Å². The molecule has 0 radical (unpaired) electrons. The second-order valence-corrected chi connectivity index (χ2v) is 8.72. The number of thioether (sulfide) groups is 1. The summed E-state index contributed by atoms with van der Waals surface area (Å²) >= 11 is 7.44. The Kier molecular flexibility index (Phi) is 5.30. The Morgan fingerprint density at radius 3 is 2.52 bits per heavy atom. The number of halogens is 1. The zero-order valence-corrected chi connectivity index (χ0v) is 15.4. The van der Waals surface area contributed by atoms with E-state index in [0.29, 0.717) is 6.04 Å². The van der Waals surface area contributed by atoms with Gasteiger partial charge in [-0.1, -0.05) is 12.8 Å². The number of nitrogens with one attached hydrogen (secondary N) is 1. The average molecular weight is 382 g/mol. The molecule has 1 atom stereocenters. The molecule has 1 N–H and O–H groups in total. The van der Waals surface area contributed by atoms with Crippen LogP contribution in [-0.4, -0.2) is 5.25 Å². The maximum Gasteiger partial charge on any atom is 0.0589 e. The number of benzene rings is 1. The molecule has 0 amide bonds. The predicted octanol–water partition coefficient (Wildman–Crippen LogP) is 6.72. The first-order valence-electron chi connectivity index (χ1n) is 7.48. The van der Waals surface area contributed by atoms with Crippen molar-refractivity contribution in [2.75, 3.05) is 5.32 Å². The molecule has 1 saturated carbocycles. The molecule has 3 rings (SSSR count). The summed E-state index contributed by atoms with van der Waals surface area (Å²) in [5.41, 5.74) is 1.19. The first-order valence-corrected chi connectivity index (χ1v) is 10.0. The van der Waals surface area contributed by atoms with Crippen LogP contribution < -0.4 is 5.32 Å². The molecule has 2 aromatic rings. The van der Waals surface area contributed by atoms with Crippen molar-refractivity contribution in [1.29, 1.82) is 0 Å². The third-order valence-corrected chi connectivity index (χ3v) is 7.28. The van der Waals surface area contributed by atoms with E-state index in [0.717, 1.165) is 5.25 Å². The largest absolute Gasteiger partial charge is 0.378 e. The number of thiophene rings is 1. The van der Waals surface area contributed by atoms with E-state index in [-0.39, 0.29) is 0 Å². The Hall–Kier alpha value is -0.450. The van der Waals surface area contributed by atoms with Crippen LogP contribution in [0.1, 0.15) is 43.5 Å². The van der Waals surface area contributed by atoms with Gasteiger partial charge in [-0.15, -0.1) is 23.1 Å². The van der Waals surface area contributed by atoms with Gasteiger partial charge in [-0.3, -0.25) is 0 Å². The van der Waals surface area contributed by atoms with E-state index in [1.54, 1.807) is 11.3 Å². The van der Waals surface area contributed by atoms with Crippen LogP contribution in [-0.2, 0) is 0 Å². The summed E-state index contributed by atoms with van der Waals surface area (Å²) in [5.74, 6) is 0. The summed E-state index contributed by atoms with van der Waals surface area (Å²) in [4.78, 5) is 2.75. The lowest BCUT2D eigenvalue weighted by Crippen LogP contribution is -2.05. The molecule has 1 aliphatic carbocycles. The van der Waals surface area contributed by atoms with E-state index >= 15 is 0 Å². The smallest absolute Gasteiger partial charge is 0.0589 e. The molecule has 0 saturated heterocycles. The van der Waals surface area contributed by atoms with E-state index < -0.39 is 0 Å². The summed E-state index contributed by atoms with van der Waals surface area (Å²) in [7, 11) is 0. The lowest BCUT2D eigenvalue weighted by molar-refractivity contribution is 0.886. The van der Waals surface area contributed by atoms with Crippen molar-refractivity contribution in [3.05, 3.63) is 45.1 Å². The summed E-state index contributed by atoms with van der Waals surface area (Å²) in [5, 5.41) is 6.54. The number of anilines is 1. The molecule has 1 nitrogen and oxygen atoms in total. The molecule has 1 heterocycles. The number of hydrogen-bond acceptors (Lipinski definition) is 3. The monoisotopic (exact) mass is 381 g/mol. The normalized spacial score (nSPS) is 17.0. The quantitative estimate of drug-likeness (QED) is 0.616. The van der Waals surface area contributed by atoms with E-state index in [2.05, 4.69) is 63.9 Å². The van der Waals surface area contributed by atoms with Crippen molar-refractivity contribution >= 4 is 44.7 Å². The second kappa shape index (κ2) is 7.21. The molecule has 112 valence electrons. The summed E-state index contributed by atoms with van der Waals surface area (Å²) in [6.07, 6.45) is 5.58. The summed E-state index contributed by atoms with van der Waals surface area (Å²) in [6.45, 7) is 2.21. The molecule has 1 aromatic heterocycles. The second-order valence-electron chi connectivity index (χ2n) is 5.55. The van der Waals surface area contributed by atoms with Crippen molar-refractivity contribution in [3.8, 4) is 0 Å². The van der Waals surface area contributed by atoms with Crippen LogP contribution in [0.25, 0.3) is 0 Å². The summed E-state index contributed by atoms with van der Waals surface area (Å²) < 4.78 is 1.20. The topological polar surface area (TPSA) is 12.0 Å². The predicted molar refractivity (Wildman–Crippen MR) is 98.6 cm³/mol. The van der Waals surface area contributed by atoms with Gasteiger partial charge >= 0.3 is 0 Å². The van der Waals surface area contributed by atoms with Crippen LogP contribution in [0.4, 0.5) is 5.69 Å². The molecular formula is C17H20BrNS2. The molecule has 1 aliphatic rings. The molecular weight excluding hydrogens is 362 g/mol. The van der Waals surface area contributed by atoms with Gasteiger partial charge in [0.05, 0.1) is 6.04 Å². The van der Waals surface area contributed by atoms with Gasteiger partial charge in [0.25, 0.3) is 0 Å². The highest BCUT2D eigenvalue weighted by Gasteiger charge is 2.16. The molecule has 1 fully saturated rings. The Balaban J connectivity index is 1.60. The highest BCUT2D eigenvalue weighted by molar-refractivity contribution is 9.10. The Morgan fingerprint density at radius 2 is 1.90 bits per heavy atom. The van der Waals surface area contributed by atoms with Crippen LogP contribution in [0, 0.1) is 0 Å². The molecule has 1 unspecified atom stereocenters. The fraction of sp³-hybridized carbons (Fsp3) is 0.412. The lowest BCUT2D eigenvalue weighted by Gasteiger charge is -2.15. The van der Waals surface area contributed by atoms with Gasteiger partial charge in [-0.2, -0.15) is 0 Å². The van der Waals surface area contributed by atoms with E-state index in [1.807, 2.05) is 11.8 Å². The lowest BCUT2D eigenvalue weighted by atomic mass is 10.2. The Labute approximate surface area is 143 Å². The molecule has 0 aliphatic heterocycles. The third kappa shape index (κ3) is 4.05. The highest BCUT2D eigenvalue weighted by Crippen LogP contribution is 2.35. The maximum atomic E-state index is 3.61. The van der Waals surface area contributed by atoms with Gasteiger partial charge in [0.1, 0.15) is 0 Å². The fourth-order valence-corrected chi connectivity index (χ4v) is 5.73. The zero-order valence-electron chi connectivity index (χ0n) is 12.1. The van der Waals surface area contributed by atoms with Crippen molar-refractivity contribution in [2.24, 2.45) is 0 Å². The van der Waals surface area contributed by atoms with Gasteiger partial charge in [-0.05, 0) is 71.4 Å². The standard InChI is InChI=1S/C17H20BrNS2/c1-12(17-16(18)10-11-20-17)19-13-6-8-15(9-7-13)21-14-4-2-3-5-14/h6-12,14,19H,2-5H2,1H3. The average Bonchev–Trinajstić information content (AvgIpc) is 3.12. The van der Waals surface area contributed by atoms with Gasteiger partial charge < -0.3 is 5.32 Å². The third-order valence-electron chi connectivity index (χ3n) is 3.88. The van der Waals surface area contributed by atoms with E-state index in [4.69, 9.17) is 0 Å². The fourth-order valence-electron chi connectivity index (χ4n) is 2.76. The zero-order chi connectivity index (χ0) is 14.7. The minimum absolute atomic E-state index is 0.327. The van der Waals surface area contributed by atoms with E-state index in [1.165, 1.54) is 45.6 Å². The minimum atomic E-state index is 0.327. The highest BCUT2D eigenvalue weighted by atomic mass is 79.9. The van der Waals surface area contributed by atoms with Crippen molar-refractivity contribution in [3.63, 3.8) is 0 Å². The maximum absolute atomic E-state index is 3.61.